The quantitative estimate of drug-likeness (QED) is 0.427. The molecule has 0 aliphatic carbocycles. The molecule has 0 heterocycles. The molecule has 0 bridgehead atoms. The van der Waals surface area contributed by atoms with Gasteiger partial charge in [-0.3, -0.25) is 0 Å². The van der Waals surface area contributed by atoms with E-state index >= 15 is 0 Å². The molecule has 0 radical (unpaired) electrons. The fourth-order valence-electron chi connectivity index (χ4n) is 1.56. The minimum atomic E-state index is 0.135. The summed E-state index contributed by atoms with van der Waals surface area (Å²) in [5.41, 5.74) is 0.135. The van der Waals surface area contributed by atoms with Crippen molar-refractivity contribution >= 4 is 0 Å². The zero-order valence-corrected chi connectivity index (χ0v) is 15.2. The van der Waals surface area contributed by atoms with Crippen LogP contribution in [-0.4, -0.2) is 90.8 Å². The molecule has 4 heteroatoms. The Kier molecular flexibility index (Phi) is 8.26. The normalized spacial score (nSPS) is 13.8. The largest absolute Gasteiger partial charge is 0.375 e. The van der Waals surface area contributed by atoms with E-state index in [0.717, 1.165) is 54.9 Å². The van der Waals surface area contributed by atoms with Crippen molar-refractivity contribution in [2.75, 3.05) is 81.8 Å². The molecule has 0 unspecified atom stereocenters. The average molecular weight is 290 g/mol. The maximum atomic E-state index is 5.86. The molecule has 0 atom stereocenters. The van der Waals surface area contributed by atoms with Crippen LogP contribution in [0.25, 0.3) is 0 Å². The van der Waals surface area contributed by atoms with Crippen LogP contribution in [0.4, 0.5) is 0 Å². The summed E-state index contributed by atoms with van der Waals surface area (Å²) in [7, 11) is 13.1. The van der Waals surface area contributed by atoms with Crippen LogP contribution in [0.1, 0.15) is 20.3 Å². The zero-order valence-electron chi connectivity index (χ0n) is 15.2. The van der Waals surface area contributed by atoms with Crippen molar-refractivity contribution in [1.82, 2.24) is 0 Å². The second-order valence-corrected chi connectivity index (χ2v) is 8.30. The number of quaternary nitrogens is 2. The maximum absolute atomic E-state index is 5.86. The lowest BCUT2D eigenvalue weighted by molar-refractivity contribution is -0.870. The van der Waals surface area contributed by atoms with Crippen molar-refractivity contribution in [1.29, 1.82) is 0 Å². The summed E-state index contributed by atoms with van der Waals surface area (Å²) in [5.74, 6) is 0. The van der Waals surface area contributed by atoms with Gasteiger partial charge in [0.1, 0.15) is 13.1 Å². The Morgan fingerprint density at radius 2 is 1.10 bits per heavy atom. The molecule has 0 fully saturated rings. The fourth-order valence-corrected chi connectivity index (χ4v) is 1.56. The third kappa shape index (κ3) is 11.6. The lowest BCUT2D eigenvalue weighted by Crippen LogP contribution is -2.39. The van der Waals surface area contributed by atoms with Crippen LogP contribution in [0, 0.1) is 5.41 Å². The molecule has 20 heavy (non-hydrogen) atoms. The number of hydrogen-bond acceptors (Lipinski definition) is 2. The van der Waals surface area contributed by atoms with Crippen molar-refractivity contribution in [3.8, 4) is 0 Å². The van der Waals surface area contributed by atoms with E-state index in [2.05, 4.69) is 56.1 Å². The van der Waals surface area contributed by atoms with Gasteiger partial charge in [0.2, 0.25) is 0 Å². The van der Waals surface area contributed by atoms with Crippen LogP contribution >= 0.6 is 0 Å². The minimum absolute atomic E-state index is 0.135. The van der Waals surface area contributed by atoms with Crippen LogP contribution in [-0.2, 0) is 9.47 Å². The van der Waals surface area contributed by atoms with E-state index in [9.17, 15) is 0 Å². The fraction of sp³-hybridized carbons (Fsp3) is 1.00. The summed E-state index contributed by atoms with van der Waals surface area (Å²) in [5, 5.41) is 0. The molecular formula is C16H38N2O2+2. The number of hydrogen-bond donors (Lipinski definition) is 0. The number of rotatable bonds is 11. The summed E-state index contributed by atoms with van der Waals surface area (Å²) in [4.78, 5) is 0. The molecule has 0 aromatic carbocycles. The second-order valence-electron chi connectivity index (χ2n) is 8.30. The van der Waals surface area contributed by atoms with Crippen molar-refractivity contribution in [3.63, 3.8) is 0 Å². The maximum Gasteiger partial charge on any atom is 0.102 e. The molecule has 4 nitrogen and oxygen atoms in total. The van der Waals surface area contributed by atoms with E-state index in [1.807, 2.05) is 0 Å². The first-order chi connectivity index (χ1) is 8.97. The smallest absolute Gasteiger partial charge is 0.102 e. The first kappa shape index (κ1) is 19.8. The first-order valence-corrected chi connectivity index (χ1v) is 7.74. The lowest BCUT2D eigenvalue weighted by Gasteiger charge is -2.30. The van der Waals surface area contributed by atoms with Crippen molar-refractivity contribution < 1.29 is 18.4 Å². The van der Waals surface area contributed by atoms with Crippen molar-refractivity contribution in [2.24, 2.45) is 5.41 Å². The average Bonchev–Trinajstić information content (AvgIpc) is 2.28. The van der Waals surface area contributed by atoms with Crippen LogP contribution in [0.5, 0.6) is 0 Å². The molecule has 0 aromatic rings. The van der Waals surface area contributed by atoms with E-state index in [0.29, 0.717) is 0 Å². The zero-order chi connectivity index (χ0) is 15.9. The Balaban J connectivity index is 3.90. The Labute approximate surface area is 126 Å². The van der Waals surface area contributed by atoms with Gasteiger partial charge in [-0.15, -0.1) is 0 Å². The standard InChI is InChI=1S/C16H38N2O2/c1-9-16(2,14-19-12-10-17(3,4)5)15-20-13-11-18(6,7)8/h9-15H2,1-8H3/q+2. The third-order valence-corrected chi connectivity index (χ3v) is 3.57. The Hall–Kier alpha value is -0.160. The summed E-state index contributed by atoms with van der Waals surface area (Å²) in [6.07, 6.45) is 1.09. The van der Waals surface area contributed by atoms with Gasteiger partial charge in [-0.25, -0.2) is 0 Å². The molecule has 0 saturated carbocycles. The summed E-state index contributed by atoms with van der Waals surface area (Å²) in [6, 6.07) is 0. The van der Waals surface area contributed by atoms with Crippen LogP contribution in [0.15, 0.2) is 0 Å². The second kappa shape index (κ2) is 8.32. The van der Waals surface area contributed by atoms with Gasteiger partial charge >= 0.3 is 0 Å². The molecule has 0 aromatic heterocycles. The SMILES string of the molecule is CCC(C)(COCC[N+](C)(C)C)COCC[N+](C)(C)C. The predicted molar refractivity (Wildman–Crippen MR) is 85.8 cm³/mol. The molecule has 0 N–H and O–H groups in total. The van der Waals surface area contributed by atoms with Gasteiger partial charge in [-0.05, 0) is 6.42 Å². The highest BCUT2D eigenvalue weighted by atomic mass is 16.5. The summed E-state index contributed by atoms with van der Waals surface area (Å²) < 4.78 is 13.6. The van der Waals surface area contributed by atoms with Gasteiger partial charge in [-0.2, -0.15) is 0 Å². The van der Waals surface area contributed by atoms with Gasteiger partial charge in [0.25, 0.3) is 0 Å². The van der Waals surface area contributed by atoms with E-state index < -0.39 is 0 Å². The Morgan fingerprint density at radius 1 is 0.750 bits per heavy atom. The third-order valence-electron chi connectivity index (χ3n) is 3.57. The highest BCUT2D eigenvalue weighted by Gasteiger charge is 2.23. The number of nitrogens with zero attached hydrogens (tertiary/aromatic N) is 2. The monoisotopic (exact) mass is 290 g/mol. The topological polar surface area (TPSA) is 18.5 Å². The summed E-state index contributed by atoms with van der Waals surface area (Å²) in [6.45, 7) is 9.76. The van der Waals surface area contributed by atoms with E-state index in [1.54, 1.807) is 0 Å². The molecule has 0 spiro atoms. The van der Waals surface area contributed by atoms with E-state index in [-0.39, 0.29) is 5.41 Å². The lowest BCUT2D eigenvalue weighted by atomic mass is 9.90. The molecule has 122 valence electrons. The molecule has 0 amide bonds. The van der Waals surface area contributed by atoms with Gasteiger partial charge in [0, 0.05) is 5.41 Å². The predicted octanol–water partition coefficient (Wildman–Crippen LogP) is 1.85. The first-order valence-electron chi connectivity index (χ1n) is 7.74. The number of likely N-dealkylation sites (N-methyl/N-ethyl adjacent to an activating group) is 2. The van der Waals surface area contributed by atoms with Crippen LogP contribution < -0.4 is 0 Å². The van der Waals surface area contributed by atoms with E-state index in [1.165, 1.54) is 0 Å². The van der Waals surface area contributed by atoms with Gasteiger partial charge < -0.3 is 18.4 Å². The highest BCUT2D eigenvalue weighted by Crippen LogP contribution is 2.22. The molecule has 0 aliphatic rings. The molecule has 0 saturated heterocycles. The van der Waals surface area contributed by atoms with Crippen molar-refractivity contribution in [3.05, 3.63) is 0 Å². The van der Waals surface area contributed by atoms with Crippen LogP contribution in [0.2, 0.25) is 0 Å². The Morgan fingerprint density at radius 3 is 1.35 bits per heavy atom. The summed E-state index contributed by atoms with van der Waals surface area (Å²) >= 11 is 0. The Bertz CT molecular complexity index is 232. The number of ether oxygens (including phenoxy) is 2. The highest BCUT2D eigenvalue weighted by molar-refractivity contribution is 4.71. The molecule has 0 rings (SSSR count). The van der Waals surface area contributed by atoms with Gasteiger partial charge in [-0.1, -0.05) is 13.8 Å². The minimum Gasteiger partial charge on any atom is -0.375 e. The molecular weight excluding hydrogens is 252 g/mol. The molecule has 0 aliphatic heterocycles. The van der Waals surface area contributed by atoms with Crippen LogP contribution in [0.3, 0.4) is 0 Å². The van der Waals surface area contributed by atoms with E-state index in [4.69, 9.17) is 9.47 Å². The van der Waals surface area contributed by atoms with Gasteiger partial charge in [0.05, 0.1) is 68.7 Å². The van der Waals surface area contributed by atoms with Gasteiger partial charge in [0.15, 0.2) is 0 Å². The van der Waals surface area contributed by atoms with Crippen molar-refractivity contribution in [2.45, 2.75) is 20.3 Å².